The molecule has 0 bridgehead atoms. The van der Waals surface area contributed by atoms with E-state index in [1.165, 1.54) is 0 Å². The number of likely N-dealkylation sites (N-methyl/N-ethyl adjacent to an activating group) is 1. The summed E-state index contributed by atoms with van der Waals surface area (Å²) in [5.74, 6) is -0.998. The SMILES string of the molecule is CN(CCc1ccccc1C(=O)O)C(=O)C1(N)CC1. The van der Waals surface area contributed by atoms with Gasteiger partial charge in [0, 0.05) is 13.6 Å². The highest BCUT2D eigenvalue weighted by Gasteiger charge is 2.47. The van der Waals surface area contributed by atoms with Gasteiger partial charge in [0.05, 0.1) is 11.1 Å². The van der Waals surface area contributed by atoms with E-state index in [-0.39, 0.29) is 11.5 Å². The number of benzene rings is 1. The van der Waals surface area contributed by atoms with E-state index in [0.29, 0.717) is 13.0 Å². The molecule has 0 radical (unpaired) electrons. The number of nitrogens with zero attached hydrogens (tertiary/aromatic N) is 1. The number of carboxylic acids is 1. The molecule has 3 N–H and O–H groups in total. The number of carbonyl (C=O) groups excluding carboxylic acids is 1. The standard InChI is InChI=1S/C14H18N2O3/c1-16(13(19)14(15)7-8-14)9-6-10-4-2-3-5-11(10)12(17)18/h2-5H,6-9,15H2,1H3,(H,17,18). The molecular weight excluding hydrogens is 244 g/mol. The van der Waals surface area contributed by atoms with E-state index in [2.05, 4.69) is 0 Å². The fraction of sp³-hybridized carbons (Fsp3) is 0.429. The molecule has 1 aromatic rings. The number of nitrogens with two attached hydrogens (primary N) is 1. The Bertz CT molecular complexity index is 509. The Hall–Kier alpha value is -1.88. The van der Waals surface area contributed by atoms with E-state index in [1.54, 1.807) is 36.2 Å². The van der Waals surface area contributed by atoms with Gasteiger partial charge >= 0.3 is 5.97 Å². The van der Waals surface area contributed by atoms with E-state index >= 15 is 0 Å². The number of rotatable bonds is 5. The number of carboxylic acid groups (broad SMARTS) is 1. The lowest BCUT2D eigenvalue weighted by molar-refractivity contribution is -0.132. The first-order valence-corrected chi connectivity index (χ1v) is 6.30. The second-order valence-corrected chi connectivity index (χ2v) is 5.10. The second kappa shape index (κ2) is 5.01. The zero-order chi connectivity index (χ0) is 14.0. The van der Waals surface area contributed by atoms with Gasteiger partial charge in [-0.3, -0.25) is 4.79 Å². The molecule has 0 saturated heterocycles. The largest absolute Gasteiger partial charge is 0.478 e. The van der Waals surface area contributed by atoms with Crippen LogP contribution in [0, 0.1) is 0 Å². The molecule has 1 amide bonds. The minimum absolute atomic E-state index is 0.0553. The maximum Gasteiger partial charge on any atom is 0.335 e. The first-order valence-electron chi connectivity index (χ1n) is 6.30. The average Bonchev–Trinajstić information content (AvgIpc) is 3.14. The van der Waals surface area contributed by atoms with Crippen molar-refractivity contribution in [3.05, 3.63) is 35.4 Å². The van der Waals surface area contributed by atoms with Crippen LogP contribution >= 0.6 is 0 Å². The smallest absolute Gasteiger partial charge is 0.335 e. The summed E-state index contributed by atoms with van der Waals surface area (Å²) in [7, 11) is 1.71. The Morgan fingerprint density at radius 1 is 1.37 bits per heavy atom. The monoisotopic (exact) mass is 262 g/mol. The van der Waals surface area contributed by atoms with Gasteiger partial charge < -0.3 is 15.7 Å². The van der Waals surface area contributed by atoms with Crippen LogP contribution in [0.5, 0.6) is 0 Å². The zero-order valence-electron chi connectivity index (χ0n) is 10.9. The van der Waals surface area contributed by atoms with Crippen molar-refractivity contribution < 1.29 is 14.7 Å². The van der Waals surface area contributed by atoms with Gasteiger partial charge in [-0.15, -0.1) is 0 Å². The quantitative estimate of drug-likeness (QED) is 0.825. The van der Waals surface area contributed by atoms with Crippen LogP contribution in [0.15, 0.2) is 24.3 Å². The van der Waals surface area contributed by atoms with Crippen LogP contribution in [0.4, 0.5) is 0 Å². The van der Waals surface area contributed by atoms with Crippen molar-refractivity contribution in [2.45, 2.75) is 24.8 Å². The van der Waals surface area contributed by atoms with Gasteiger partial charge in [-0.05, 0) is 30.9 Å². The first-order chi connectivity index (χ1) is 8.94. The fourth-order valence-corrected chi connectivity index (χ4v) is 2.07. The Balaban J connectivity index is 1.99. The van der Waals surface area contributed by atoms with Gasteiger partial charge in [-0.25, -0.2) is 4.79 Å². The first kappa shape index (κ1) is 13.5. The Labute approximate surface area is 112 Å². The van der Waals surface area contributed by atoms with Crippen LogP contribution in [0.1, 0.15) is 28.8 Å². The molecule has 1 fully saturated rings. The summed E-state index contributed by atoms with van der Waals surface area (Å²) in [6.45, 7) is 0.474. The molecule has 102 valence electrons. The minimum Gasteiger partial charge on any atom is -0.478 e. The van der Waals surface area contributed by atoms with Crippen LogP contribution in [0.3, 0.4) is 0 Å². The van der Waals surface area contributed by atoms with Gasteiger partial charge in [0.1, 0.15) is 0 Å². The summed E-state index contributed by atoms with van der Waals surface area (Å²) < 4.78 is 0. The number of amides is 1. The summed E-state index contributed by atoms with van der Waals surface area (Å²) >= 11 is 0. The molecule has 1 aliphatic carbocycles. The van der Waals surface area contributed by atoms with Crippen molar-refractivity contribution in [3.8, 4) is 0 Å². The lowest BCUT2D eigenvalue weighted by Gasteiger charge is -2.21. The third kappa shape index (κ3) is 2.93. The molecule has 2 rings (SSSR count). The van der Waals surface area contributed by atoms with Crippen LogP contribution < -0.4 is 5.73 Å². The van der Waals surface area contributed by atoms with Gasteiger partial charge in [0.2, 0.25) is 5.91 Å². The number of carbonyl (C=O) groups is 2. The molecule has 0 spiro atoms. The Morgan fingerprint density at radius 3 is 2.58 bits per heavy atom. The summed E-state index contributed by atoms with van der Waals surface area (Å²) in [5, 5.41) is 9.08. The molecule has 0 unspecified atom stereocenters. The Kier molecular flexibility index (Phi) is 3.57. The third-order valence-electron chi connectivity index (χ3n) is 3.53. The predicted octanol–water partition coefficient (Wildman–Crippen LogP) is 0.877. The van der Waals surface area contributed by atoms with E-state index in [4.69, 9.17) is 10.8 Å². The highest BCUT2D eigenvalue weighted by molar-refractivity contribution is 5.90. The zero-order valence-corrected chi connectivity index (χ0v) is 10.9. The molecule has 19 heavy (non-hydrogen) atoms. The lowest BCUT2D eigenvalue weighted by atomic mass is 10.0. The molecule has 1 aromatic carbocycles. The number of hydrogen-bond acceptors (Lipinski definition) is 3. The van der Waals surface area contributed by atoms with Gasteiger partial charge in [-0.2, -0.15) is 0 Å². The maximum atomic E-state index is 12.0. The van der Waals surface area contributed by atoms with Crippen molar-refractivity contribution in [1.29, 1.82) is 0 Å². The van der Waals surface area contributed by atoms with Gasteiger partial charge in [-0.1, -0.05) is 18.2 Å². The highest BCUT2D eigenvalue weighted by Crippen LogP contribution is 2.33. The van der Waals surface area contributed by atoms with Crippen molar-refractivity contribution in [1.82, 2.24) is 4.90 Å². The van der Waals surface area contributed by atoms with Gasteiger partial charge in [0.25, 0.3) is 0 Å². The fourth-order valence-electron chi connectivity index (χ4n) is 2.07. The number of hydrogen-bond donors (Lipinski definition) is 2. The van der Waals surface area contributed by atoms with Crippen molar-refractivity contribution in [3.63, 3.8) is 0 Å². The van der Waals surface area contributed by atoms with Crippen LogP contribution in [0.2, 0.25) is 0 Å². The van der Waals surface area contributed by atoms with Crippen molar-refractivity contribution in [2.24, 2.45) is 5.73 Å². The predicted molar refractivity (Wildman–Crippen MR) is 70.9 cm³/mol. The summed E-state index contributed by atoms with van der Waals surface area (Å²) in [4.78, 5) is 24.6. The van der Waals surface area contributed by atoms with Crippen LogP contribution in [0.25, 0.3) is 0 Å². The summed E-state index contributed by atoms with van der Waals surface area (Å²) in [6, 6.07) is 6.84. The molecule has 0 aromatic heterocycles. The molecule has 5 heteroatoms. The normalized spacial score (nSPS) is 15.9. The molecule has 5 nitrogen and oxygen atoms in total. The highest BCUT2D eigenvalue weighted by atomic mass is 16.4. The van der Waals surface area contributed by atoms with Gasteiger partial charge in [0.15, 0.2) is 0 Å². The minimum atomic E-state index is -0.943. The topological polar surface area (TPSA) is 83.6 Å². The lowest BCUT2D eigenvalue weighted by Crippen LogP contribution is -2.44. The van der Waals surface area contributed by atoms with E-state index in [0.717, 1.165) is 18.4 Å². The maximum absolute atomic E-state index is 12.0. The van der Waals surface area contributed by atoms with E-state index in [1.807, 2.05) is 0 Å². The van der Waals surface area contributed by atoms with Crippen molar-refractivity contribution >= 4 is 11.9 Å². The molecule has 0 atom stereocenters. The van der Waals surface area contributed by atoms with E-state index < -0.39 is 11.5 Å². The van der Waals surface area contributed by atoms with E-state index in [9.17, 15) is 9.59 Å². The second-order valence-electron chi connectivity index (χ2n) is 5.10. The number of aromatic carboxylic acids is 1. The summed E-state index contributed by atoms with van der Waals surface area (Å²) in [5.41, 5.74) is 6.21. The molecular formula is C14H18N2O3. The third-order valence-corrected chi connectivity index (χ3v) is 3.53. The van der Waals surface area contributed by atoms with Crippen LogP contribution in [-0.4, -0.2) is 41.0 Å². The summed E-state index contributed by atoms with van der Waals surface area (Å²) in [6.07, 6.45) is 1.99. The van der Waals surface area contributed by atoms with Crippen molar-refractivity contribution in [2.75, 3.05) is 13.6 Å². The molecule has 0 aliphatic heterocycles. The molecule has 0 heterocycles. The molecule has 1 aliphatic rings. The molecule has 1 saturated carbocycles. The Morgan fingerprint density at radius 2 is 2.00 bits per heavy atom. The average molecular weight is 262 g/mol. The van der Waals surface area contributed by atoms with Crippen LogP contribution in [-0.2, 0) is 11.2 Å².